The summed E-state index contributed by atoms with van der Waals surface area (Å²) in [5, 5.41) is 7.43. The second-order valence-corrected chi connectivity index (χ2v) is 6.69. The molecular formula is C20H21N5O2. The Morgan fingerprint density at radius 2 is 1.93 bits per heavy atom. The molecule has 1 aromatic carbocycles. The summed E-state index contributed by atoms with van der Waals surface area (Å²) in [7, 11) is 3.43. The minimum Gasteiger partial charge on any atom is -0.496 e. The first-order chi connectivity index (χ1) is 13.1. The van der Waals surface area contributed by atoms with Crippen molar-refractivity contribution in [1.82, 2.24) is 19.7 Å². The molecule has 0 unspecified atom stereocenters. The minimum atomic E-state index is -0.267. The number of ether oxygens (including phenoxy) is 1. The first kappa shape index (κ1) is 17.2. The van der Waals surface area contributed by atoms with Gasteiger partial charge in [-0.3, -0.25) is 9.48 Å². The maximum atomic E-state index is 12.7. The molecule has 1 fully saturated rings. The monoisotopic (exact) mass is 363 g/mol. The quantitative estimate of drug-likeness (QED) is 0.752. The average Bonchev–Trinajstić information content (AvgIpc) is 3.49. The largest absolute Gasteiger partial charge is 0.496 e. The number of carbonyl (C=O) groups is 1. The number of amides is 1. The van der Waals surface area contributed by atoms with Gasteiger partial charge in [0.2, 0.25) is 0 Å². The van der Waals surface area contributed by atoms with Gasteiger partial charge in [-0.2, -0.15) is 5.10 Å². The normalized spacial score (nSPS) is 13.4. The van der Waals surface area contributed by atoms with Crippen molar-refractivity contribution in [2.24, 2.45) is 7.05 Å². The van der Waals surface area contributed by atoms with E-state index in [0.29, 0.717) is 17.3 Å². The molecule has 0 bridgehead atoms. The average molecular weight is 363 g/mol. The van der Waals surface area contributed by atoms with E-state index in [2.05, 4.69) is 20.4 Å². The Morgan fingerprint density at radius 3 is 2.59 bits per heavy atom. The van der Waals surface area contributed by atoms with Crippen molar-refractivity contribution in [1.29, 1.82) is 0 Å². The van der Waals surface area contributed by atoms with E-state index in [1.807, 2.05) is 31.2 Å². The zero-order valence-electron chi connectivity index (χ0n) is 15.6. The van der Waals surface area contributed by atoms with Crippen LogP contribution in [0.3, 0.4) is 0 Å². The third kappa shape index (κ3) is 3.28. The standard InChI is InChI=1S/C20H21N5O2/c1-12-17(15-6-4-5-7-16(15)27-3)19(25(2)24-12)23-20(26)14-10-21-18(22-11-14)13-8-9-13/h4-7,10-11,13H,8-9H2,1-3H3,(H,23,26). The summed E-state index contributed by atoms with van der Waals surface area (Å²) in [5.41, 5.74) is 2.93. The van der Waals surface area contributed by atoms with Crippen molar-refractivity contribution in [3.8, 4) is 16.9 Å². The van der Waals surface area contributed by atoms with E-state index in [1.54, 1.807) is 31.2 Å². The summed E-state index contributed by atoms with van der Waals surface area (Å²) in [6.45, 7) is 1.91. The molecule has 1 saturated carbocycles. The highest BCUT2D eigenvalue weighted by molar-refractivity contribution is 6.05. The molecule has 27 heavy (non-hydrogen) atoms. The predicted octanol–water partition coefficient (Wildman–Crippen LogP) is 3.32. The number of nitrogens with zero attached hydrogens (tertiary/aromatic N) is 4. The smallest absolute Gasteiger partial charge is 0.259 e. The van der Waals surface area contributed by atoms with Crippen LogP contribution in [0.5, 0.6) is 5.75 Å². The molecule has 3 aromatic rings. The van der Waals surface area contributed by atoms with E-state index in [9.17, 15) is 4.79 Å². The Morgan fingerprint density at radius 1 is 1.22 bits per heavy atom. The molecule has 2 aromatic heterocycles. The van der Waals surface area contributed by atoms with E-state index >= 15 is 0 Å². The SMILES string of the molecule is COc1ccccc1-c1c(C)nn(C)c1NC(=O)c1cnc(C2CC2)nc1. The van der Waals surface area contributed by atoms with Gasteiger partial charge in [0.05, 0.1) is 23.9 Å². The van der Waals surface area contributed by atoms with Crippen LogP contribution in [0.2, 0.25) is 0 Å². The molecular weight excluding hydrogens is 342 g/mol. The number of carbonyl (C=O) groups excluding carboxylic acids is 1. The maximum Gasteiger partial charge on any atom is 0.259 e. The topological polar surface area (TPSA) is 81.9 Å². The van der Waals surface area contributed by atoms with Crippen LogP contribution >= 0.6 is 0 Å². The van der Waals surface area contributed by atoms with Gasteiger partial charge in [0, 0.05) is 30.9 Å². The van der Waals surface area contributed by atoms with Gasteiger partial charge in [-0.25, -0.2) is 9.97 Å². The highest BCUT2D eigenvalue weighted by atomic mass is 16.5. The molecule has 1 N–H and O–H groups in total. The molecule has 2 heterocycles. The van der Waals surface area contributed by atoms with E-state index < -0.39 is 0 Å². The Labute approximate surface area is 157 Å². The molecule has 4 rings (SSSR count). The van der Waals surface area contributed by atoms with Gasteiger partial charge in [0.25, 0.3) is 5.91 Å². The van der Waals surface area contributed by atoms with E-state index in [1.165, 1.54) is 0 Å². The van der Waals surface area contributed by atoms with Crippen molar-refractivity contribution in [3.63, 3.8) is 0 Å². The number of hydrogen-bond donors (Lipinski definition) is 1. The molecule has 1 aliphatic carbocycles. The van der Waals surface area contributed by atoms with Crippen LogP contribution in [0.15, 0.2) is 36.7 Å². The fourth-order valence-electron chi connectivity index (χ4n) is 3.16. The molecule has 7 nitrogen and oxygen atoms in total. The molecule has 1 aliphatic rings. The van der Waals surface area contributed by atoms with Gasteiger partial charge < -0.3 is 10.1 Å². The number of hydrogen-bond acceptors (Lipinski definition) is 5. The zero-order valence-corrected chi connectivity index (χ0v) is 15.6. The van der Waals surface area contributed by atoms with Crippen LogP contribution in [-0.2, 0) is 7.05 Å². The van der Waals surface area contributed by atoms with Gasteiger partial charge in [0.1, 0.15) is 17.4 Å². The fraction of sp³-hybridized carbons (Fsp3) is 0.300. The van der Waals surface area contributed by atoms with Gasteiger partial charge in [-0.1, -0.05) is 18.2 Å². The molecule has 0 aliphatic heterocycles. The third-order valence-corrected chi connectivity index (χ3v) is 4.71. The summed E-state index contributed by atoms with van der Waals surface area (Å²) in [6.07, 6.45) is 5.42. The van der Waals surface area contributed by atoms with E-state index in [-0.39, 0.29) is 5.91 Å². The predicted molar refractivity (Wildman–Crippen MR) is 102 cm³/mol. The first-order valence-electron chi connectivity index (χ1n) is 8.88. The molecule has 0 atom stereocenters. The molecule has 138 valence electrons. The van der Waals surface area contributed by atoms with Crippen molar-refractivity contribution >= 4 is 11.7 Å². The van der Waals surface area contributed by atoms with Crippen molar-refractivity contribution in [2.75, 3.05) is 12.4 Å². The summed E-state index contributed by atoms with van der Waals surface area (Å²) < 4.78 is 7.14. The number of para-hydroxylation sites is 1. The lowest BCUT2D eigenvalue weighted by Crippen LogP contribution is -2.16. The van der Waals surface area contributed by atoms with E-state index in [0.717, 1.165) is 41.2 Å². The van der Waals surface area contributed by atoms with Crippen LogP contribution in [0, 0.1) is 6.92 Å². The summed E-state index contributed by atoms with van der Waals surface area (Å²) in [5.74, 6) is 2.34. The lowest BCUT2D eigenvalue weighted by Gasteiger charge is -2.12. The third-order valence-electron chi connectivity index (χ3n) is 4.71. The number of benzene rings is 1. The Balaban J connectivity index is 1.66. The zero-order chi connectivity index (χ0) is 19.0. The van der Waals surface area contributed by atoms with Crippen molar-refractivity contribution < 1.29 is 9.53 Å². The molecule has 1 amide bonds. The second-order valence-electron chi connectivity index (χ2n) is 6.69. The Kier molecular flexibility index (Phi) is 4.35. The Bertz CT molecular complexity index is 990. The first-order valence-corrected chi connectivity index (χ1v) is 8.88. The summed E-state index contributed by atoms with van der Waals surface area (Å²) >= 11 is 0. The van der Waals surface area contributed by atoms with Gasteiger partial charge in [0.15, 0.2) is 0 Å². The number of anilines is 1. The van der Waals surface area contributed by atoms with Gasteiger partial charge >= 0.3 is 0 Å². The van der Waals surface area contributed by atoms with Crippen LogP contribution in [0.4, 0.5) is 5.82 Å². The highest BCUT2D eigenvalue weighted by Crippen LogP contribution is 2.38. The summed E-state index contributed by atoms with van der Waals surface area (Å²) in [4.78, 5) is 21.4. The van der Waals surface area contributed by atoms with Gasteiger partial charge in [-0.15, -0.1) is 0 Å². The van der Waals surface area contributed by atoms with Crippen molar-refractivity contribution in [3.05, 3.63) is 53.7 Å². The van der Waals surface area contributed by atoms with E-state index in [4.69, 9.17) is 4.74 Å². The lowest BCUT2D eigenvalue weighted by molar-refractivity contribution is 0.102. The lowest BCUT2D eigenvalue weighted by atomic mass is 10.0. The number of aryl methyl sites for hydroxylation is 2. The second kappa shape index (κ2) is 6.83. The molecule has 7 heteroatoms. The number of nitrogens with one attached hydrogen (secondary N) is 1. The highest BCUT2D eigenvalue weighted by Gasteiger charge is 2.26. The number of rotatable bonds is 5. The molecule has 0 spiro atoms. The molecule has 0 radical (unpaired) electrons. The maximum absolute atomic E-state index is 12.7. The minimum absolute atomic E-state index is 0.267. The van der Waals surface area contributed by atoms with Gasteiger partial charge in [-0.05, 0) is 25.8 Å². The van der Waals surface area contributed by atoms with Crippen molar-refractivity contribution in [2.45, 2.75) is 25.7 Å². The van der Waals surface area contributed by atoms with Crippen LogP contribution in [-0.4, -0.2) is 32.8 Å². The summed E-state index contributed by atoms with van der Waals surface area (Å²) in [6, 6.07) is 7.68. The fourth-order valence-corrected chi connectivity index (χ4v) is 3.16. The van der Waals surface area contributed by atoms with Crippen LogP contribution in [0.1, 0.15) is 40.6 Å². The number of aromatic nitrogens is 4. The number of methoxy groups -OCH3 is 1. The van der Waals surface area contributed by atoms with Crippen LogP contribution < -0.4 is 10.1 Å². The molecule has 0 saturated heterocycles. The Hall–Kier alpha value is -3.22. The van der Waals surface area contributed by atoms with Crippen LogP contribution in [0.25, 0.3) is 11.1 Å².